The Morgan fingerprint density at radius 3 is 2.29 bits per heavy atom. The molecule has 6 heterocycles. The van der Waals surface area contributed by atoms with Crippen LogP contribution in [0, 0.1) is 5.41 Å². The Kier molecular flexibility index (Phi) is 9.74. The lowest BCUT2D eigenvalue weighted by Crippen LogP contribution is -2.54. The Morgan fingerprint density at radius 1 is 0.891 bits per heavy atom. The number of aryl methyl sites for hydroxylation is 1. The number of likely N-dealkylation sites (tertiary alicyclic amines) is 2. The molecule has 288 valence electrons. The second-order valence-corrected chi connectivity index (χ2v) is 16.3. The van der Waals surface area contributed by atoms with Crippen LogP contribution < -0.4 is 21.1 Å². The van der Waals surface area contributed by atoms with Crippen LogP contribution in [0.4, 0.5) is 11.4 Å². The molecule has 0 bridgehead atoms. The van der Waals surface area contributed by atoms with E-state index in [1.165, 1.54) is 10.2 Å². The van der Waals surface area contributed by atoms with E-state index in [1.807, 2.05) is 23.1 Å². The summed E-state index contributed by atoms with van der Waals surface area (Å²) >= 11 is 6.32. The van der Waals surface area contributed by atoms with Crippen LogP contribution in [0.2, 0.25) is 5.02 Å². The maximum absolute atomic E-state index is 13.6. The van der Waals surface area contributed by atoms with E-state index in [-0.39, 0.29) is 52.3 Å². The number of carbonyl (C=O) groups is 5. The van der Waals surface area contributed by atoms with Crippen molar-refractivity contribution in [2.45, 2.75) is 62.9 Å². The molecule has 4 saturated heterocycles. The zero-order chi connectivity index (χ0) is 38.6. The predicted molar refractivity (Wildman–Crippen MR) is 205 cm³/mol. The number of hydrogen-bond acceptors (Lipinski definition) is 10. The molecule has 5 aliphatic heterocycles. The molecule has 3 unspecified atom stereocenters. The molecule has 0 aliphatic carbocycles. The number of carbonyl (C=O) groups excluding carboxylic acids is 5. The fourth-order valence-electron chi connectivity index (χ4n) is 9.16. The highest BCUT2D eigenvalue weighted by molar-refractivity contribution is 6.33. The number of anilines is 2. The van der Waals surface area contributed by atoms with E-state index in [0.717, 1.165) is 68.9 Å². The monoisotopic (exact) mass is 768 g/mol. The number of rotatable bonds is 6. The van der Waals surface area contributed by atoms with Gasteiger partial charge in [0.05, 0.1) is 23.0 Å². The van der Waals surface area contributed by atoms with E-state index in [1.54, 1.807) is 25.4 Å². The Morgan fingerprint density at radius 2 is 1.58 bits per heavy atom. The number of aromatic nitrogens is 2. The number of nitrogens with one attached hydrogen (secondary N) is 2. The number of benzene rings is 2. The van der Waals surface area contributed by atoms with Gasteiger partial charge < -0.3 is 20.0 Å². The number of fused-ring (bicyclic) bond motifs is 1. The van der Waals surface area contributed by atoms with Gasteiger partial charge in [-0.3, -0.25) is 39.0 Å². The summed E-state index contributed by atoms with van der Waals surface area (Å²) in [5.41, 5.74) is 3.64. The van der Waals surface area contributed by atoms with Crippen LogP contribution in [0.5, 0.6) is 0 Å². The highest BCUT2D eigenvalue weighted by Gasteiger charge is 2.45. The van der Waals surface area contributed by atoms with E-state index < -0.39 is 29.7 Å². The third-order valence-corrected chi connectivity index (χ3v) is 12.8. The Balaban J connectivity index is 0.844. The first kappa shape index (κ1) is 36.9. The normalized spacial score (nSPS) is 24.3. The standard InChI is InChI=1S/C40H45ClN8O6/c1-45-22-26(19-27(23-45)43-31-21-42-46(2)39(55)34(31)41)24-3-5-25(6-4-24)36(52)48-17-13-40(14-18-48)11-15-47(16-12-40)28-7-8-29-30(20-28)38(54)49(37(29)53)32-9-10-33(50)44-35(32)51/h3-8,20-21,26-27,32,43H,9-19,22-23H2,1-2H3,(H,44,50,51). The molecule has 8 rings (SSSR count). The molecule has 2 N–H and O–H groups in total. The maximum atomic E-state index is 13.6. The Bertz CT molecular complexity index is 2120. The number of piperidine rings is 4. The number of halogens is 1. The van der Waals surface area contributed by atoms with Crippen LogP contribution in [-0.4, -0.2) is 112 Å². The second kappa shape index (κ2) is 14.5. The highest BCUT2D eigenvalue weighted by atomic mass is 35.5. The molecule has 3 atom stereocenters. The van der Waals surface area contributed by atoms with E-state index in [9.17, 15) is 28.8 Å². The minimum atomic E-state index is -0.986. The van der Waals surface area contributed by atoms with E-state index in [2.05, 4.69) is 44.7 Å². The van der Waals surface area contributed by atoms with Crippen molar-refractivity contribution in [3.63, 3.8) is 0 Å². The van der Waals surface area contributed by atoms with Gasteiger partial charge in [0.1, 0.15) is 11.1 Å². The number of imide groups is 2. The lowest BCUT2D eigenvalue weighted by molar-refractivity contribution is -0.136. The average molecular weight is 769 g/mol. The molecule has 5 aliphatic rings. The van der Waals surface area contributed by atoms with Gasteiger partial charge in [0.25, 0.3) is 23.3 Å². The smallest absolute Gasteiger partial charge is 0.287 e. The fraction of sp³-hybridized carbons (Fsp3) is 0.475. The first-order chi connectivity index (χ1) is 26.4. The summed E-state index contributed by atoms with van der Waals surface area (Å²) in [6.07, 6.45) is 6.43. The van der Waals surface area contributed by atoms with Gasteiger partial charge in [0.15, 0.2) is 0 Å². The van der Waals surface area contributed by atoms with E-state index in [4.69, 9.17) is 11.6 Å². The second-order valence-electron chi connectivity index (χ2n) is 15.9. The van der Waals surface area contributed by atoms with Gasteiger partial charge in [-0.25, -0.2) is 4.68 Å². The van der Waals surface area contributed by atoms with Gasteiger partial charge in [-0.1, -0.05) is 23.7 Å². The molecule has 1 spiro atoms. The number of hydrogen-bond donors (Lipinski definition) is 2. The van der Waals surface area contributed by atoms with Gasteiger partial charge in [-0.05, 0) is 92.8 Å². The van der Waals surface area contributed by atoms with Crippen molar-refractivity contribution in [1.29, 1.82) is 0 Å². The summed E-state index contributed by atoms with van der Waals surface area (Å²) in [4.78, 5) is 84.0. The number of likely N-dealkylation sites (N-methyl/N-ethyl adjacent to an activating group) is 1. The summed E-state index contributed by atoms with van der Waals surface area (Å²) in [6, 6.07) is 12.4. The predicted octanol–water partition coefficient (Wildman–Crippen LogP) is 3.26. The van der Waals surface area contributed by atoms with Crippen LogP contribution in [0.3, 0.4) is 0 Å². The minimum Gasteiger partial charge on any atom is -0.378 e. The van der Waals surface area contributed by atoms with Crippen molar-refractivity contribution >= 4 is 52.5 Å². The van der Waals surface area contributed by atoms with Gasteiger partial charge in [0, 0.05) is 70.0 Å². The summed E-state index contributed by atoms with van der Waals surface area (Å²) < 4.78 is 1.22. The van der Waals surface area contributed by atoms with Crippen LogP contribution in [0.15, 0.2) is 53.5 Å². The van der Waals surface area contributed by atoms with Crippen molar-refractivity contribution in [3.8, 4) is 0 Å². The lowest BCUT2D eigenvalue weighted by Gasteiger charge is -2.47. The largest absolute Gasteiger partial charge is 0.378 e. The summed E-state index contributed by atoms with van der Waals surface area (Å²) in [7, 11) is 3.65. The van der Waals surface area contributed by atoms with Gasteiger partial charge in [0.2, 0.25) is 11.8 Å². The maximum Gasteiger partial charge on any atom is 0.287 e. The summed E-state index contributed by atoms with van der Waals surface area (Å²) in [6.45, 7) is 4.69. The van der Waals surface area contributed by atoms with E-state index in [0.29, 0.717) is 29.9 Å². The first-order valence-electron chi connectivity index (χ1n) is 19.1. The molecular weight excluding hydrogens is 724 g/mol. The quantitative estimate of drug-likeness (QED) is 0.357. The third-order valence-electron chi connectivity index (χ3n) is 12.4. The minimum absolute atomic E-state index is 0.0515. The molecule has 4 fully saturated rings. The van der Waals surface area contributed by atoms with Crippen molar-refractivity contribution in [2.24, 2.45) is 12.5 Å². The van der Waals surface area contributed by atoms with Gasteiger partial charge >= 0.3 is 0 Å². The first-order valence-corrected chi connectivity index (χ1v) is 19.4. The highest BCUT2D eigenvalue weighted by Crippen LogP contribution is 2.43. The topological polar surface area (TPSA) is 157 Å². The molecule has 14 nitrogen and oxygen atoms in total. The zero-order valence-corrected chi connectivity index (χ0v) is 31.8. The summed E-state index contributed by atoms with van der Waals surface area (Å²) in [5, 5.41) is 9.90. The number of amides is 5. The molecule has 1 aromatic heterocycles. The summed E-state index contributed by atoms with van der Waals surface area (Å²) in [5.74, 6) is -1.72. The van der Waals surface area contributed by atoms with E-state index >= 15 is 0 Å². The molecule has 3 aromatic rings. The van der Waals surface area contributed by atoms with Crippen molar-refractivity contribution in [2.75, 3.05) is 56.5 Å². The SMILES string of the molecule is CN1CC(Nc2cnn(C)c(=O)c2Cl)CC(c2ccc(C(=O)N3CCC4(CC3)CCN(c3ccc5c(c3)C(=O)N(C3CCC(=O)NC3=O)C5=O)CC4)cc2)C1. The molecule has 2 aromatic carbocycles. The third kappa shape index (κ3) is 7.01. The van der Waals surface area contributed by atoms with Crippen molar-refractivity contribution < 1.29 is 24.0 Å². The zero-order valence-electron chi connectivity index (χ0n) is 31.1. The molecule has 55 heavy (non-hydrogen) atoms. The molecule has 5 amide bonds. The Hall–Kier alpha value is -5.08. The van der Waals surface area contributed by atoms with Crippen LogP contribution in [-0.2, 0) is 16.6 Å². The van der Waals surface area contributed by atoms with Gasteiger partial charge in [-0.15, -0.1) is 0 Å². The van der Waals surface area contributed by atoms with Crippen molar-refractivity contribution in [1.82, 2.24) is 29.8 Å². The van der Waals surface area contributed by atoms with Crippen molar-refractivity contribution in [3.05, 3.63) is 86.3 Å². The molecule has 0 saturated carbocycles. The molecule has 15 heteroatoms. The Labute approximate surface area is 323 Å². The van der Waals surface area contributed by atoms with Crippen LogP contribution >= 0.6 is 11.6 Å². The average Bonchev–Trinajstić information content (AvgIpc) is 3.43. The van der Waals surface area contributed by atoms with Gasteiger partial charge in [-0.2, -0.15) is 5.10 Å². The lowest BCUT2D eigenvalue weighted by atomic mass is 9.71. The van der Waals surface area contributed by atoms with Crippen LogP contribution in [0.1, 0.15) is 87.5 Å². The van der Waals surface area contributed by atoms with Crippen LogP contribution in [0.25, 0.3) is 0 Å². The number of nitrogens with zero attached hydrogens (tertiary/aromatic N) is 6. The molecular formula is C40H45ClN8O6. The fourth-order valence-corrected chi connectivity index (χ4v) is 9.38. The molecule has 0 radical (unpaired) electrons.